The summed E-state index contributed by atoms with van der Waals surface area (Å²) in [7, 11) is 5.39. The number of rotatable bonds is 37. The fraction of sp³-hybridized carbons (Fsp3) is 0.795. The maximum atomic E-state index is 12.7. The Bertz CT molecular complexity index is 953. The number of ether oxygens (including phenoxy) is 3. The van der Waals surface area contributed by atoms with Gasteiger partial charge in [-0.15, -0.1) is 0 Å². The van der Waals surface area contributed by atoms with Gasteiger partial charge in [0.2, 0.25) is 0 Å². The number of likely N-dealkylation sites (N-methyl/N-ethyl adjacent to an activating group) is 1. The molecule has 0 fully saturated rings. The molecule has 302 valence electrons. The van der Waals surface area contributed by atoms with E-state index >= 15 is 0 Å². The van der Waals surface area contributed by atoms with Crippen LogP contribution >= 0.6 is 0 Å². The standard InChI is InChI=1S/C44H79NO7/c1-6-8-10-12-14-16-18-20-21-23-24-26-28-30-32-34-42(46)51-39-40(38-50-37-36-41(44(48)49)45(3,4)5)52-43(47)35-33-31-29-27-25-22-19-17-15-13-11-9-7-2/h9,11,13,15,17,19,40-41H,6-8,10,12,14,16,18,20-39H2,1-5H3/b11-9+,15-13+,19-17+. The van der Waals surface area contributed by atoms with Gasteiger partial charge >= 0.3 is 11.9 Å². The number of hydrogen-bond acceptors (Lipinski definition) is 7. The number of unbranched alkanes of at least 4 members (excludes halogenated alkanes) is 19. The van der Waals surface area contributed by atoms with Crippen molar-refractivity contribution >= 4 is 17.9 Å². The Morgan fingerprint density at radius 2 is 1.08 bits per heavy atom. The lowest BCUT2D eigenvalue weighted by molar-refractivity contribution is -0.889. The van der Waals surface area contributed by atoms with E-state index in [4.69, 9.17) is 14.2 Å². The van der Waals surface area contributed by atoms with Gasteiger partial charge in [-0.25, -0.2) is 0 Å². The molecular weight excluding hydrogens is 654 g/mol. The van der Waals surface area contributed by atoms with Crippen LogP contribution < -0.4 is 5.11 Å². The van der Waals surface area contributed by atoms with Crippen molar-refractivity contribution in [2.75, 3.05) is 41.0 Å². The number of carbonyl (C=O) groups excluding carboxylic acids is 3. The van der Waals surface area contributed by atoms with Gasteiger partial charge in [0.25, 0.3) is 0 Å². The highest BCUT2D eigenvalue weighted by Crippen LogP contribution is 2.15. The van der Waals surface area contributed by atoms with Crippen LogP contribution in [0.4, 0.5) is 0 Å². The molecule has 52 heavy (non-hydrogen) atoms. The average Bonchev–Trinajstić information content (AvgIpc) is 3.09. The molecule has 0 radical (unpaired) electrons. The third-order valence-corrected chi connectivity index (χ3v) is 9.35. The van der Waals surface area contributed by atoms with Gasteiger partial charge in [-0.2, -0.15) is 0 Å². The Morgan fingerprint density at radius 3 is 1.58 bits per heavy atom. The third kappa shape index (κ3) is 33.4. The van der Waals surface area contributed by atoms with Gasteiger partial charge in [-0.1, -0.05) is 159 Å². The molecule has 0 bridgehead atoms. The Morgan fingerprint density at radius 1 is 0.596 bits per heavy atom. The normalized spacial score (nSPS) is 13.3. The van der Waals surface area contributed by atoms with E-state index in [9.17, 15) is 19.5 Å². The smallest absolute Gasteiger partial charge is 0.306 e. The van der Waals surface area contributed by atoms with E-state index in [0.717, 1.165) is 64.2 Å². The van der Waals surface area contributed by atoms with Crippen LogP contribution in [0.5, 0.6) is 0 Å². The van der Waals surface area contributed by atoms with Crippen LogP contribution in [0.15, 0.2) is 36.5 Å². The highest BCUT2D eigenvalue weighted by molar-refractivity contribution is 5.70. The second-order valence-electron chi connectivity index (χ2n) is 15.3. The molecule has 0 heterocycles. The first kappa shape index (κ1) is 49.6. The van der Waals surface area contributed by atoms with Crippen molar-refractivity contribution in [2.24, 2.45) is 0 Å². The van der Waals surface area contributed by atoms with Gasteiger partial charge in [0.05, 0.1) is 40.3 Å². The van der Waals surface area contributed by atoms with Crippen LogP contribution in [-0.4, -0.2) is 75.5 Å². The van der Waals surface area contributed by atoms with Crippen molar-refractivity contribution < 1.29 is 38.2 Å². The molecule has 0 aliphatic carbocycles. The topological polar surface area (TPSA) is 102 Å². The van der Waals surface area contributed by atoms with Crippen molar-refractivity contribution in [1.82, 2.24) is 0 Å². The zero-order chi connectivity index (χ0) is 38.5. The molecule has 0 amide bonds. The lowest BCUT2D eigenvalue weighted by Crippen LogP contribution is -2.55. The van der Waals surface area contributed by atoms with Crippen LogP contribution in [0.2, 0.25) is 0 Å². The van der Waals surface area contributed by atoms with E-state index in [2.05, 4.69) is 38.2 Å². The molecule has 0 rings (SSSR count). The quantitative estimate of drug-likeness (QED) is 0.0271. The number of esters is 2. The molecule has 8 heteroatoms. The van der Waals surface area contributed by atoms with Crippen molar-refractivity contribution in [3.8, 4) is 0 Å². The van der Waals surface area contributed by atoms with E-state index < -0.39 is 18.1 Å². The van der Waals surface area contributed by atoms with E-state index in [1.165, 1.54) is 77.0 Å². The Hall–Kier alpha value is -2.45. The van der Waals surface area contributed by atoms with Crippen molar-refractivity contribution in [3.63, 3.8) is 0 Å². The van der Waals surface area contributed by atoms with E-state index in [1.807, 2.05) is 12.2 Å². The summed E-state index contributed by atoms with van der Waals surface area (Å²) in [4.78, 5) is 36.8. The fourth-order valence-corrected chi connectivity index (χ4v) is 6.07. The summed E-state index contributed by atoms with van der Waals surface area (Å²) in [5.74, 6) is -1.76. The van der Waals surface area contributed by atoms with E-state index in [1.54, 1.807) is 21.1 Å². The van der Waals surface area contributed by atoms with Crippen molar-refractivity contribution in [2.45, 2.75) is 187 Å². The second kappa shape index (κ2) is 35.6. The van der Waals surface area contributed by atoms with Crippen LogP contribution in [0, 0.1) is 0 Å². The maximum Gasteiger partial charge on any atom is 0.306 e. The first-order valence-electron chi connectivity index (χ1n) is 21.0. The number of aliphatic carboxylic acids is 1. The van der Waals surface area contributed by atoms with Gasteiger partial charge in [0.1, 0.15) is 12.6 Å². The molecule has 2 atom stereocenters. The minimum Gasteiger partial charge on any atom is -0.544 e. The van der Waals surface area contributed by atoms with Gasteiger partial charge in [0.15, 0.2) is 6.10 Å². The minimum absolute atomic E-state index is 0.0342. The van der Waals surface area contributed by atoms with Gasteiger partial charge in [-0.3, -0.25) is 9.59 Å². The maximum absolute atomic E-state index is 12.7. The number of allylic oxidation sites excluding steroid dienone is 6. The monoisotopic (exact) mass is 734 g/mol. The molecule has 0 aliphatic heterocycles. The molecule has 0 aromatic heterocycles. The molecule has 0 N–H and O–H groups in total. The van der Waals surface area contributed by atoms with Gasteiger partial charge < -0.3 is 28.6 Å². The zero-order valence-corrected chi connectivity index (χ0v) is 34.2. The second-order valence-corrected chi connectivity index (χ2v) is 15.3. The van der Waals surface area contributed by atoms with Gasteiger partial charge in [-0.05, 0) is 32.1 Å². The highest BCUT2D eigenvalue weighted by atomic mass is 16.6. The molecule has 0 aromatic rings. The van der Waals surface area contributed by atoms with Crippen LogP contribution in [0.25, 0.3) is 0 Å². The number of nitrogens with zero attached hydrogens (tertiary/aromatic N) is 1. The molecule has 0 saturated heterocycles. The molecule has 8 nitrogen and oxygen atoms in total. The molecular formula is C44H79NO7. The lowest BCUT2D eigenvalue weighted by Gasteiger charge is -2.34. The number of carboxylic acids is 1. The summed E-state index contributed by atoms with van der Waals surface area (Å²) in [6, 6.07) is -0.727. The Labute approximate surface area is 319 Å². The van der Waals surface area contributed by atoms with Crippen molar-refractivity contribution in [1.29, 1.82) is 0 Å². The first-order chi connectivity index (χ1) is 25.1. The number of carboxylic acid groups (broad SMARTS) is 1. The predicted octanol–water partition coefficient (Wildman–Crippen LogP) is 9.74. The first-order valence-corrected chi connectivity index (χ1v) is 21.0. The zero-order valence-electron chi connectivity index (χ0n) is 34.2. The summed E-state index contributed by atoms with van der Waals surface area (Å²) in [5, 5.41) is 11.6. The molecule has 2 unspecified atom stereocenters. The van der Waals surface area contributed by atoms with Crippen LogP contribution in [-0.2, 0) is 28.6 Å². The molecule has 0 spiro atoms. The minimum atomic E-state index is -1.13. The average molecular weight is 734 g/mol. The summed E-state index contributed by atoms with van der Waals surface area (Å²) >= 11 is 0. The lowest BCUT2D eigenvalue weighted by atomic mass is 10.0. The number of hydrogen-bond donors (Lipinski definition) is 0. The van der Waals surface area contributed by atoms with Crippen LogP contribution in [0.1, 0.15) is 174 Å². The SMILES string of the molecule is CC/C=C/C=C/C=C/CCCCCCCC(=O)OC(COCCC(C(=O)[O-])[N+](C)(C)C)COC(=O)CCCCCCCCCCCCCCCCC. The molecule has 0 aliphatic rings. The largest absolute Gasteiger partial charge is 0.544 e. The molecule has 0 aromatic carbocycles. The summed E-state index contributed by atoms with van der Waals surface area (Å²) in [6.45, 7) is 4.51. The van der Waals surface area contributed by atoms with Crippen LogP contribution in [0.3, 0.4) is 0 Å². The predicted molar refractivity (Wildman–Crippen MR) is 213 cm³/mol. The van der Waals surface area contributed by atoms with E-state index in [-0.39, 0.29) is 42.7 Å². The third-order valence-electron chi connectivity index (χ3n) is 9.35. The Kier molecular flexibility index (Phi) is 33.9. The highest BCUT2D eigenvalue weighted by Gasteiger charge is 2.25. The molecule has 0 saturated carbocycles. The van der Waals surface area contributed by atoms with Crippen molar-refractivity contribution in [3.05, 3.63) is 36.5 Å². The Balaban J connectivity index is 4.37. The number of quaternary nitrogens is 1. The summed E-state index contributed by atoms with van der Waals surface area (Å²) in [6.07, 6.45) is 38.8. The fourth-order valence-electron chi connectivity index (χ4n) is 6.07. The van der Waals surface area contributed by atoms with E-state index in [0.29, 0.717) is 12.8 Å². The summed E-state index contributed by atoms with van der Waals surface area (Å²) in [5.41, 5.74) is 0. The number of carbonyl (C=O) groups is 3. The summed E-state index contributed by atoms with van der Waals surface area (Å²) < 4.78 is 17.1. The van der Waals surface area contributed by atoms with Gasteiger partial charge in [0, 0.05) is 19.3 Å².